The summed E-state index contributed by atoms with van der Waals surface area (Å²) in [7, 11) is 0. The summed E-state index contributed by atoms with van der Waals surface area (Å²) in [5, 5.41) is 24.6. The van der Waals surface area contributed by atoms with Gasteiger partial charge >= 0.3 is 0 Å². The molecule has 4 nitrogen and oxygen atoms in total. The first-order valence-corrected chi connectivity index (χ1v) is 11.9. The third-order valence-corrected chi connectivity index (χ3v) is 6.70. The zero-order valence-electron chi connectivity index (χ0n) is 20.8. The van der Waals surface area contributed by atoms with Crippen molar-refractivity contribution in [3.63, 3.8) is 0 Å². The number of rotatable bonds is 3. The molecule has 176 valence electrons. The van der Waals surface area contributed by atoms with Gasteiger partial charge in [0, 0.05) is 18.7 Å². The zero-order valence-corrected chi connectivity index (χ0v) is 20.8. The molecule has 0 unspecified atom stereocenters. The molecule has 1 saturated heterocycles. The van der Waals surface area contributed by atoms with E-state index in [-0.39, 0.29) is 16.9 Å². The monoisotopic (exact) mass is 447 g/mol. The lowest BCUT2D eigenvalue weighted by Gasteiger charge is -2.37. The summed E-state index contributed by atoms with van der Waals surface area (Å²) in [5.74, 6) is 0.675. The molecule has 4 rings (SSSR count). The molecule has 1 aliphatic heterocycles. The molecule has 33 heavy (non-hydrogen) atoms. The summed E-state index contributed by atoms with van der Waals surface area (Å²) in [6, 6.07) is 16.2. The Kier molecular flexibility index (Phi) is 6.19. The molecule has 0 spiro atoms. The number of hydrogen-bond donors (Lipinski definition) is 2. The van der Waals surface area contributed by atoms with Crippen LogP contribution in [0.15, 0.2) is 48.5 Å². The molecule has 3 aromatic carbocycles. The minimum atomic E-state index is -0.226. The fourth-order valence-corrected chi connectivity index (χ4v) is 4.93. The van der Waals surface area contributed by atoms with Crippen LogP contribution in [0, 0.1) is 0 Å². The number of phenolic OH excluding ortho intramolecular Hbond substituents is 2. The first kappa shape index (κ1) is 23.6. The van der Waals surface area contributed by atoms with Crippen LogP contribution in [0.25, 0.3) is 10.8 Å². The first-order chi connectivity index (χ1) is 15.5. The molecule has 1 fully saturated rings. The van der Waals surface area contributed by atoms with Gasteiger partial charge in [0.25, 0.3) is 0 Å². The summed E-state index contributed by atoms with van der Waals surface area (Å²) < 4.78 is 5.67. The van der Waals surface area contributed by atoms with E-state index in [1.165, 1.54) is 0 Å². The molecule has 3 aromatic rings. The maximum Gasteiger partial charge on any atom is 0.123 e. The molecule has 2 N–H and O–H groups in total. The largest absolute Gasteiger partial charge is 0.508 e. The topological polar surface area (TPSA) is 52.9 Å². The molecule has 0 saturated carbocycles. The standard InChI is InChI=1S/C29H37NO3/c1-28(2,3)22-17-20(18-23(27(22)32)29(4,5)6)26(30-13-15-33-16-14-30)25-21-10-8-7-9-19(21)11-12-24(25)31/h7-12,17-18,26,31-32H,13-16H2,1-6H3/t26-/m1/s1. The van der Waals surface area contributed by atoms with Gasteiger partial charge < -0.3 is 14.9 Å². The van der Waals surface area contributed by atoms with Crippen molar-refractivity contribution in [1.82, 2.24) is 4.90 Å². The highest BCUT2D eigenvalue weighted by atomic mass is 16.5. The predicted octanol–water partition coefficient (Wildman–Crippen LogP) is 6.27. The van der Waals surface area contributed by atoms with Crippen molar-refractivity contribution in [1.29, 1.82) is 0 Å². The quantitative estimate of drug-likeness (QED) is 0.497. The van der Waals surface area contributed by atoms with Crippen LogP contribution in [-0.2, 0) is 15.6 Å². The van der Waals surface area contributed by atoms with Crippen molar-refractivity contribution < 1.29 is 14.9 Å². The van der Waals surface area contributed by atoms with Crippen molar-refractivity contribution in [3.05, 3.63) is 70.8 Å². The Morgan fingerprint density at radius 2 is 1.39 bits per heavy atom. The van der Waals surface area contributed by atoms with E-state index >= 15 is 0 Å². The zero-order chi connectivity index (χ0) is 24.0. The lowest BCUT2D eigenvalue weighted by Crippen LogP contribution is -2.40. The van der Waals surface area contributed by atoms with Gasteiger partial charge in [-0.25, -0.2) is 0 Å². The number of aromatic hydroxyl groups is 2. The van der Waals surface area contributed by atoms with Crippen molar-refractivity contribution >= 4 is 10.8 Å². The van der Waals surface area contributed by atoms with Crippen LogP contribution in [0.5, 0.6) is 11.5 Å². The van der Waals surface area contributed by atoms with Crippen LogP contribution in [0.2, 0.25) is 0 Å². The third-order valence-electron chi connectivity index (χ3n) is 6.70. The van der Waals surface area contributed by atoms with E-state index in [0.29, 0.717) is 24.7 Å². The Labute approximate surface area is 197 Å². The summed E-state index contributed by atoms with van der Waals surface area (Å²) in [6.07, 6.45) is 0. The number of nitrogens with zero attached hydrogens (tertiary/aromatic N) is 1. The maximum absolute atomic E-state index is 11.3. The normalized spacial score (nSPS) is 16.8. The highest BCUT2D eigenvalue weighted by molar-refractivity contribution is 5.88. The van der Waals surface area contributed by atoms with E-state index in [4.69, 9.17) is 4.74 Å². The minimum absolute atomic E-state index is 0.150. The van der Waals surface area contributed by atoms with Crippen molar-refractivity contribution in [2.45, 2.75) is 58.4 Å². The molecular weight excluding hydrogens is 410 g/mol. The van der Waals surface area contributed by atoms with Crippen LogP contribution in [-0.4, -0.2) is 41.4 Å². The Balaban J connectivity index is 2.04. The van der Waals surface area contributed by atoms with E-state index in [1.54, 1.807) is 6.07 Å². The number of ether oxygens (including phenoxy) is 1. The van der Waals surface area contributed by atoms with Gasteiger partial charge in [0.2, 0.25) is 0 Å². The average molecular weight is 448 g/mol. The van der Waals surface area contributed by atoms with Gasteiger partial charge in [0.05, 0.1) is 19.3 Å². The average Bonchev–Trinajstić information content (AvgIpc) is 2.75. The highest BCUT2D eigenvalue weighted by Crippen LogP contribution is 2.45. The fraction of sp³-hybridized carbons (Fsp3) is 0.448. The molecular formula is C29H37NO3. The predicted molar refractivity (Wildman–Crippen MR) is 135 cm³/mol. The Morgan fingerprint density at radius 1 is 0.818 bits per heavy atom. The Bertz CT molecular complexity index is 1110. The van der Waals surface area contributed by atoms with Gasteiger partial charge in [0.15, 0.2) is 0 Å². The van der Waals surface area contributed by atoms with E-state index in [9.17, 15) is 10.2 Å². The number of phenols is 2. The molecule has 0 amide bonds. The van der Waals surface area contributed by atoms with E-state index in [1.807, 2.05) is 18.2 Å². The lowest BCUT2D eigenvalue weighted by molar-refractivity contribution is 0.0237. The van der Waals surface area contributed by atoms with Crippen molar-refractivity contribution in [2.75, 3.05) is 26.3 Å². The summed E-state index contributed by atoms with van der Waals surface area (Å²) in [4.78, 5) is 2.40. The number of fused-ring (bicyclic) bond motifs is 1. The highest BCUT2D eigenvalue weighted by Gasteiger charge is 2.33. The molecule has 4 heteroatoms. The van der Waals surface area contributed by atoms with Crippen molar-refractivity contribution in [2.24, 2.45) is 0 Å². The molecule has 0 aliphatic carbocycles. The summed E-state index contributed by atoms with van der Waals surface area (Å²) in [6.45, 7) is 15.7. The van der Waals surface area contributed by atoms with Gasteiger partial charge in [-0.1, -0.05) is 71.9 Å². The molecule has 1 heterocycles. The second kappa shape index (κ2) is 8.66. The number of hydrogen-bond acceptors (Lipinski definition) is 4. The maximum atomic E-state index is 11.3. The summed E-state index contributed by atoms with van der Waals surface area (Å²) >= 11 is 0. The van der Waals surface area contributed by atoms with Crippen LogP contribution in [0.4, 0.5) is 0 Å². The van der Waals surface area contributed by atoms with Crippen LogP contribution in [0.3, 0.4) is 0 Å². The SMILES string of the molecule is CC(C)(C)c1cc([C@H](c2c(O)ccc3ccccc23)N2CCOCC2)cc(C(C)(C)C)c1O. The minimum Gasteiger partial charge on any atom is -0.508 e. The Morgan fingerprint density at radius 3 is 1.97 bits per heavy atom. The van der Waals surface area contributed by atoms with E-state index < -0.39 is 0 Å². The second-order valence-corrected chi connectivity index (χ2v) is 11.2. The van der Waals surface area contributed by atoms with E-state index in [2.05, 4.69) is 70.7 Å². The number of benzene rings is 3. The summed E-state index contributed by atoms with van der Waals surface area (Å²) in [5.41, 5.74) is 3.43. The molecule has 0 radical (unpaired) electrons. The fourth-order valence-electron chi connectivity index (χ4n) is 4.93. The van der Waals surface area contributed by atoms with Gasteiger partial charge in [0.1, 0.15) is 11.5 Å². The number of morpholine rings is 1. The van der Waals surface area contributed by atoms with Crippen molar-refractivity contribution in [3.8, 4) is 11.5 Å². The van der Waals surface area contributed by atoms with Crippen LogP contribution in [0.1, 0.15) is 69.8 Å². The molecule has 0 aromatic heterocycles. The smallest absolute Gasteiger partial charge is 0.123 e. The van der Waals surface area contributed by atoms with Crippen LogP contribution < -0.4 is 0 Å². The second-order valence-electron chi connectivity index (χ2n) is 11.2. The van der Waals surface area contributed by atoms with Gasteiger partial charge in [-0.15, -0.1) is 0 Å². The van der Waals surface area contributed by atoms with Crippen LogP contribution >= 0.6 is 0 Å². The third kappa shape index (κ3) is 4.60. The van der Waals surface area contributed by atoms with Gasteiger partial charge in [-0.3, -0.25) is 4.90 Å². The molecule has 1 atom stereocenters. The Hall–Kier alpha value is -2.56. The van der Waals surface area contributed by atoms with Gasteiger partial charge in [-0.05, 0) is 56.5 Å². The molecule has 0 bridgehead atoms. The lowest BCUT2D eigenvalue weighted by atomic mass is 9.77. The first-order valence-electron chi connectivity index (χ1n) is 11.9. The van der Waals surface area contributed by atoms with E-state index in [0.717, 1.165) is 46.1 Å². The van der Waals surface area contributed by atoms with Gasteiger partial charge in [-0.2, -0.15) is 0 Å². The molecule has 1 aliphatic rings.